The molecule has 3 nitrogen and oxygen atoms in total. The van der Waals surface area contributed by atoms with E-state index in [-0.39, 0.29) is 6.04 Å². The topological polar surface area (TPSA) is 37.8 Å². The number of hydrogen-bond acceptors (Lipinski definition) is 3. The van der Waals surface area contributed by atoms with Gasteiger partial charge in [0.2, 0.25) is 0 Å². The first-order valence-corrected chi connectivity index (χ1v) is 7.49. The van der Waals surface area contributed by atoms with Gasteiger partial charge in [-0.1, -0.05) is 37.6 Å². The van der Waals surface area contributed by atoms with Gasteiger partial charge < -0.3 is 5.32 Å². The number of nitrogens with zero attached hydrogens (tertiary/aromatic N) is 2. The van der Waals surface area contributed by atoms with Gasteiger partial charge in [-0.3, -0.25) is 0 Å². The van der Waals surface area contributed by atoms with Crippen molar-refractivity contribution in [1.82, 2.24) is 15.3 Å². The quantitative estimate of drug-likeness (QED) is 0.901. The Morgan fingerprint density at radius 2 is 1.90 bits per heavy atom. The molecule has 1 heterocycles. The van der Waals surface area contributed by atoms with Crippen molar-refractivity contribution in [3.63, 3.8) is 0 Å². The number of hydrogen-bond donors (Lipinski definition) is 1. The van der Waals surface area contributed by atoms with E-state index in [0.29, 0.717) is 0 Å². The monoisotopic (exact) mass is 267 g/mol. The molecule has 1 unspecified atom stereocenters. The highest BCUT2D eigenvalue weighted by Crippen LogP contribution is 2.40. The maximum atomic E-state index is 4.44. The molecule has 1 aliphatic rings. The van der Waals surface area contributed by atoms with Crippen LogP contribution in [0.2, 0.25) is 0 Å². The van der Waals surface area contributed by atoms with Crippen LogP contribution in [-0.4, -0.2) is 16.5 Å². The first-order chi connectivity index (χ1) is 9.90. The van der Waals surface area contributed by atoms with E-state index in [9.17, 15) is 0 Å². The number of rotatable bonds is 5. The standard InChI is InChI=1S/C17H21N3/c1-2-18-16(17-19-11-6-12-20-17)15-10-4-3-9-14(15)13-7-5-8-13/h3-4,6,9-13,16,18H,2,5,7-8H2,1H3. The largest absolute Gasteiger partial charge is 0.304 e. The lowest BCUT2D eigenvalue weighted by Gasteiger charge is -2.30. The second-order valence-corrected chi connectivity index (χ2v) is 5.35. The van der Waals surface area contributed by atoms with Crippen LogP contribution in [0.25, 0.3) is 0 Å². The molecule has 0 saturated heterocycles. The molecule has 20 heavy (non-hydrogen) atoms. The van der Waals surface area contributed by atoms with E-state index < -0.39 is 0 Å². The fourth-order valence-electron chi connectivity index (χ4n) is 2.87. The van der Waals surface area contributed by atoms with Crippen LogP contribution < -0.4 is 5.32 Å². The Morgan fingerprint density at radius 3 is 2.55 bits per heavy atom. The third-order valence-corrected chi connectivity index (χ3v) is 4.10. The van der Waals surface area contributed by atoms with E-state index >= 15 is 0 Å². The average Bonchev–Trinajstić information content (AvgIpc) is 2.45. The fraction of sp³-hybridized carbons (Fsp3) is 0.412. The van der Waals surface area contributed by atoms with Gasteiger partial charge in [0, 0.05) is 12.4 Å². The molecule has 1 fully saturated rings. The molecule has 0 spiro atoms. The highest BCUT2D eigenvalue weighted by molar-refractivity contribution is 5.37. The van der Waals surface area contributed by atoms with Crippen LogP contribution in [0.15, 0.2) is 42.7 Å². The minimum Gasteiger partial charge on any atom is -0.304 e. The second kappa shape index (κ2) is 6.14. The molecule has 0 bridgehead atoms. The molecule has 1 aromatic heterocycles. The van der Waals surface area contributed by atoms with Crippen LogP contribution in [-0.2, 0) is 0 Å². The molecule has 1 aliphatic carbocycles. The second-order valence-electron chi connectivity index (χ2n) is 5.35. The lowest BCUT2D eigenvalue weighted by Crippen LogP contribution is -2.26. The van der Waals surface area contributed by atoms with Crippen LogP contribution in [0.5, 0.6) is 0 Å². The van der Waals surface area contributed by atoms with Gasteiger partial charge in [0.25, 0.3) is 0 Å². The van der Waals surface area contributed by atoms with Crippen LogP contribution in [0.4, 0.5) is 0 Å². The molecular weight excluding hydrogens is 246 g/mol. The summed E-state index contributed by atoms with van der Waals surface area (Å²) in [7, 11) is 0. The van der Waals surface area contributed by atoms with Crippen LogP contribution in [0.1, 0.15) is 55.1 Å². The van der Waals surface area contributed by atoms with Gasteiger partial charge in [-0.05, 0) is 42.5 Å². The first kappa shape index (κ1) is 13.3. The molecule has 1 atom stereocenters. The van der Waals surface area contributed by atoms with E-state index in [1.54, 1.807) is 0 Å². The molecule has 1 N–H and O–H groups in total. The van der Waals surface area contributed by atoms with Crippen molar-refractivity contribution in [1.29, 1.82) is 0 Å². The molecule has 1 saturated carbocycles. The molecular formula is C17H21N3. The first-order valence-electron chi connectivity index (χ1n) is 7.49. The minimum absolute atomic E-state index is 0.0954. The van der Waals surface area contributed by atoms with Gasteiger partial charge in [0.15, 0.2) is 0 Å². The summed E-state index contributed by atoms with van der Waals surface area (Å²) in [5.74, 6) is 1.58. The lowest BCUT2D eigenvalue weighted by molar-refractivity contribution is 0.413. The Hall–Kier alpha value is -1.74. The summed E-state index contributed by atoms with van der Waals surface area (Å²) in [6, 6.07) is 10.7. The van der Waals surface area contributed by atoms with E-state index in [1.165, 1.54) is 30.4 Å². The predicted octanol–water partition coefficient (Wildman–Crippen LogP) is 3.44. The lowest BCUT2D eigenvalue weighted by atomic mass is 9.77. The molecule has 3 rings (SSSR count). The summed E-state index contributed by atoms with van der Waals surface area (Å²) in [4.78, 5) is 8.89. The van der Waals surface area contributed by atoms with Gasteiger partial charge >= 0.3 is 0 Å². The summed E-state index contributed by atoms with van der Waals surface area (Å²) in [5, 5.41) is 3.53. The number of nitrogens with one attached hydrogen (secondary N) is 1. The van der Waals surface area contributed by atoms with Crippen molar-refractivity contribution < 1.29 is 0 Å². The van der Waals surface area contributed by atoms with E-state index in [2.05, 4.69) is 46.5 Å². The fourth-order valence-corrected chi connectivity index (χ4v) is 2.87. The van der Waals surface area contributed by atoms with E-state index in [1.807, 2.05) is 18.5 Å². The number of benzene rings is 1. The zero-order chi connectivity index (χ0) is 13.8. The van der Waals surface area contributed by atoms with Crippen molar-refractivity contribution in [3.8, 4) is 0 Å². The Morgan fingerprint density at radius 1 is 1.15 bits per heavy atom. The predicted molar refractivity (Wildman–Crippen MR) is 80.6 cm³/mol. The van der Waals surface area contributed by atoms with E-state index in [4.69, 9.17) is 0 Å². The maximum absolute atomic E-state index is 4.44. The zero-order valence-electron chi connectivity index (χ0n) is 11.9. The third kappa shape index (κ3) is 2.59. The summed E-state index contributed by atoms with van der Waals surface area (Å²) < 4.78 is 0. The van der Waals surface area contributed by atoms with Gasteiger partial charge in [-0.15, -0.1) is 0 Å². The molecule has 1 aromatic carbocycles. The molecule has 0 radical (unpaired) electrons. The van der Waals surface area contributed by atoms with Crippen LogP contribution in [0.3, 0.4) is 0 Å². The smallest absolute Gasteiger partial charge is 0.149 e. The van der Waals surface area contributed by atoms with Crippen molar-refractivity contribution >= 4 is 0 Å². The molecule has 2 aromatic rings. The zero-order valence-corrected chi connectivity index (χ0v) is 11.9. The highest BCUT2D eigenvalue weighted by atomic mass is 15.0. The summed E-state index contributed by atoms with van der Waals surface area (Å²) in [6.07, 6.45) is 7.61. The number of aromatic nitrogens is 2. The van der Waals surface area contributed by atoms with E-state index in [0.717, 1.165) is 18.3 Å². The summed E-state index contributed by atoms with van der Waals surface area (Å²) in [6.45, 7) is 3.03. The Kier molecular flexibility index (Phi) is 4.07. The molecule has 0 amide bonds. The Balaban J connectivity index is 1.99. The van der Waals surface area contributed by atoms with Crippen molar-refractivity contribution in [2.45, 2.75) is 38.1 Å². The average molecular weight is 267 g/mol. The SMILES string of the molecule is CCNC(c1ncccn1)c1ccccc1C1CCC1. The van der Waals surface area contributed by atoms with Gasteiger partial charge in [-0.2, -0.15) is 0 Å². The third-order valence-electron chi connectivity index (χ3n) is 4.10. The van der Waals surface area contributed by atoms with Crippen molar-refractivity contribution in [2.75, 3.05) is 6.54 Å². The molecule has 3 heteroatoms. The van der Waals surface area contributed by atoms with Crippen molar-refractivity contribution in [2.24, 2.45) is 0 Å². The highest BCUT2D eigenvalue weighted by Gasteiger charge is 2.26. The van der Waals surface area contributed by atoms with Crippen molar-refractivity contribution in [3.05, 3.63) is 59.7 Å². The van der Waals surface area contributed by atoms with Crippen LogP contribution >= 0.6 is 0 Å². The Bertz CT molecular complexity index is 549. The minimum atomic E-state index is 0.0954. The Labute approximate surface area is 120 Å². The molecule has 0 aliphatic heterocycles. The van der Waals surface area contributed by atoms with Gasteiger partial charge in [0.1, 0.15) is 5.82 Å². The normalized spacial score (nSPS) is 16.6. The summed E-state index contributed by atoms with van der Waals surface area (Å²) >= 11 is 0. The maximum Gasteiger partial charge on any atom is 0.149 e. The summed E-state index contributed by atoms with van der Waals surface area (Å²) in [5.41, 5.74) is 2.81. The van der Waals surface area contributed by atoms with Gasteiger partial charge in [-0.25, -0.2) is 9.97 Å². The van der Waals surface area contributed by atoms with Gasteiger partial charge in [0.05, 0.1) is 6.04 Å². The van der Waals surface area contributed by atoms with Crippen LogP contribution in [0, 0.1) is 0 Å². The molecule has 104 valence electrons.